The Balaban J connectivity index is 1.89. The summed E-state index contributed by atoms with van der Waals surface area (Å²) in [5.74, 6) is 1.31. The predicted octanol–water partition coefficient (Wildman–Crippen LogP) is 4.13. The van der Waals surface area contributed by atoms with E-state index in [9.17, 15) is 10.1 Å². The van der Waals surface area contributed by atoms with Gasteiger partial charge >= 0.3 is 6.09 Å². The van der Waals surface area contributed by atoms with Crippen molar-refractivity contribution >= 4 is 6.09 Å². The number of aromatic nitrogens is 1. The standard InChI is InChI=1S/C21H23N3O4/c1-12(2)6-15(24-21(25)26)11-27-19-8-20-17(7-14(19)9-22)16-4-5-23-10-18(16)13(3)28-20/h4-5,7-8,10,12-13,15,24H,6,11H2,1-3H3,(H,25,26)/t13?,15-/m0/s1. The van der Waals surface area contributed by atoms with Crippen LogP contribution in [-0.2, 0) is 0 Å². The molecule has 0 bridgehead atoms. The number of nitrogens with zero attached hydrogens (tertiary/aromatic N) is 2. The Morgan fingerprint density at radius 1 is 1.43 bits per heavy atom. The summed E-state index contributed by atoms with van der Waals surface area (Å²) < 4.78 is 11.8. The summed E-state index contributed by atoms with van der Waals surface area (Å²) >= 11 is 0. The van der Waals surface area contributed by atoms with E-state index in [1.165, 1.54) is 0 Å². The molecule has 0 saturated heterocycles. The fourth-order valence-electron chi connectivity index (χ4n) is 3.41. The van der Waals surface area contributed by atoms with Crippen LogP contribution in [0.15, 0.2) is 30.6 Å². The zero-order valence-electron chi connectivity index (χ0n) is 16.1. The summed E-state index contributed by atoms with van der Waals surface area (Å²) in [6.07, 6.45) is 2.85. The van der Waals surface area contributed by atoms with E-state index in [0.29, 0.717) is 29.4 Å². The number of hydrogen-bond donors (Lipinski definition) is 2. The Labute approximate surface area is 163 Å². The van der Waals surface area contributed by atoms with Gasteiger partial charge in [-0.25, -0.2) is 4.79 Å². The number of benzene rings is 1. The number of carboxylic acid groups (broad SMARTS) is 1. The third-order valence-electron chi connectivity index (χ3n) is 4.61. The predicted molar refractivity (Wildman–Crippen MR) is 103 cm³/mol. The molecule has 2 aromatic rings. The van der Waals surface area contributed by atoms with Gasteiger partial charge in [-0.1, -0.05) is 13.8 Å². The summed E-state index contributed by atoms with van der Waals surface area (Å²) in [5, 5.41) is 21.1. The van der Waals surface area contributed by atoms with Crippen LogP contribution in [0.25, 0.3) is 11.1 Å². The Morgan fingerprint density at radius 3 is 2.89 bits per heavy atom. The van der Waals surface area contributed by atoms with E-state index in [2.05, 4.69) is 16.4 Å². The van der Waals surface area contributed by atoms with Crippen molar-refractivity contribution in [2.24, 2.45) is 5.92 Å². The maximum Gasteiger partial charge on any atom is 0.404 e. The number of rotatable bonds is 6. The Morgan fingerprint density at radius 2 is 2.21 bits per heavy atom. The summed E-state index contributed by atoms with van der Waals surface area (Å²) in [6.45, 7) is 6.10. The third-order valence-corrected chi connectivity index (χ3v) is 4.61. The first-order chi connectivity index (χ1) is 13.4. The Kier molecular flexibility index (Phi) is 5.69. The third kappa shape index (κ3) is 4.17. The smallest absolute Gasteiger partial charge is 0.404 e. The van der Waals surface area contributed by atoms with E-state index in [0.717, 1.165) is 16.7 Å². The lowest BCUT2D eigenvalue weighted by Gasteiger charge is -2.27. The maximum absolute atomic E-state index is 11.0. The molecule has 0 aliphatic carbocycles. The number of ether oxygens (including phenoxy) is 2. The molecule has 7 heteroatoms. The fourth-order valence-corrected chi connectivity index (χ4v) is 3.41. The zero-order valence-corrected chi connectivity index (χ0v) is 16.1. The minimum absolute atomic E-state index is 0.133. The molecule has 7 nitrogen and oxygen atoms in total. The molecule has 146 valence electrons. The van der Waals surface area contributed by atoms with Crippen LogP contribution < -0.4 is 14.8 Å². The van der Waals surface area contributed by atoms with E-state index < -0.39 is 6.09 Å². The van der Waals surface area contributed by atoms with Crippen LogP contribution in [0.2, 0.25) is 0 Å². The van der Waals surface area contributed by atoms with Crippen molar-refractivity contribution < 1.29 is 19.4 Å². The van der Waals surface area contributed by atoms with Crippen LogP contribution in [0.1, 0.15) is 44.4 Å². The molecule has 1 unspecified atom stereocenters. The SMILES string of the molecule is CC(C)C[C@@H](COc1cc2c(cc1C#N)-c1ccncc1C(C)O2)NC(=O)O. The molecule has 3 rings (SSSR count). The van der Waals surface area contributed by atoms with Crippen molar-refractivity contribution in [3.63, 3.8) is 0 Å². The molecule has 1 aromatic carbocycles. The molecular weight excluding hydrogens is 358 g/mol. The van der Waals surface area contributed by atoms with E-state index in [4.69, 9.17) is 14.6 Å². The van der Waals surface area contributed by atoms with Crippen LogP contribution in [0.5, 0.6) is 11.5 Å². The first-order valence-electron chi connectivity index (χ1n) is 9.20. The quantitative estimate of drug-likeness (QED) is 0.779. The van der Waals surface area contributed by atoms with Gasteiger partial charge in [-0.05, 0) is 37.0 Å². The highest BCUT2D eigenvalue weighted by Crippen LogP contribution is 2.44. The van der Waals surface area contributed by atoms with E-state index in [-0.39, 0.29) is 18.8 Å². The van der Waals surface area contributed by atoms with Crippen LogP contribution >= 0.6 is 0 Å². The largest absolute Gasteiger partial charge is 0.490 e. The normalized spacial score (nSPS) is 15.6. The van der Waals surface area contributed by atoms with Gasteiger partial charge < -0.3 is 19.9 Å². The molecule has 0 radical (unpaired) electrons. The average Bonchev–Trinajstić information content (AvgIpc) is 2.65. The van der Waals surface area contributed by atoms with Crippen LogP contribution in [-0.4, -0.2) is 28.8 Å². The lowest BCUT2D eigenvalue weighted by molar-refractivity contribution is 0.176. The van der Waals surface area contributed by atoms with E-state index in [1.54, 1.807) is 24.5 Å². The molecule has 2 atom stereocenters. The second-order valence-electron chi connectivity index (χ2n) is 7.27. The number of nitriles is 1. The molecule has 1 aliphatic heterocycles. The Bertz CT molecular complexity index is 920. The molecule has 2 heterocycles. The Hall–Kier alpha value is -3.27. The summed E-state index contributed by atoms with van der Waals surface area (Å²) in [4.78, 5) is 15.2. The molecule has 0 fully saturated rings. The van der Waals surface area contributed by atoms with Crippen molar-refractivity contribution in [1.29, 1.82) is 5.26 Å². The van der Waals surface area contributed by atoms with Crippen molar-refractivity contribution in [2.75, 3.05) is 6.61 Å². The number of carbonyl (C=O) groups is 1. The summed E-state index contributed by atoms with van der Waals surface area (Å²) in [7, 11) is 0. The molecule has 28 heavy (non-hydrogen) atoms. The topological polar surface area (TPSA) is 104 Å². The summed E-state index contributed by atoms with van der Waals surface area (Å²) in [6, 6.07) is 7.16. The van der Waals surface area contributed by atoms with Crippen LogP contribution in [0.4, 0.5) is 4.79 Å². The molecule has 0 spiro atoms. The number of amides is 1. The van der Waals surface area contributed by atoms with Gasteiger partial charge in [0.25, 0.3) is 0 Å². The number of nitrogens with one attached hydrogen (secondary N) is 1. The average molecular weight is 381 g/mol. The second-order valence-corrected chi connectivity index (χ2v) is 7.27. The van der Waals surface area contributed by atoms with Gasteiger partial charge in [0.05, 0.1) is 11.6 Å². The molecule has 0 saturated carbocycles. The van der Waals surface area contributed by atoms with E-state index >= 15 is 0 Å². The first kappa shape index (κ1) is 19.5. The molecular formula is C21H23N3O4. The lowest BCUT2D eigenvalue weighted by Crippen LogP contribution is -2.39. The van der Waals surface area contributed by atoms with Crippen LogP contribution in [0.3, 0.4) is 0 Å². The van der Waals surface area contributed by atoms with Gasteiger partial charge in [0.15, 0.2) is 0 Å². The molecule has 2 N–H and O–H groups in total. The minimum atomic E-state index is -1.09. The van der Waals surface area contributed by atoms with Gasteiger partial charge in [0, 0.05) is 29.6 Å². The minimum Gasteiger partial charge on any atom is -0.490 e. The fraction of sp³-hybridized carbons (Fsp3) is 0.381. The van der Waals surface area contributed by atoms with Crippen molar-refractivity contribution in [2.45, 2.75) is 39.3 Å². The van der Waals surface area contributed by atoms with Gasteiger partial charge in [-0.3, -0.25) is 4.98 Å². The number of fused-ring (bicyclic) bond motifs is 3. The molecule has 1 aliphatic rings. The maximum atomic E-state index is 11.0. The van der Waals surface area contributed by atoms with Crippen molar-refractivity contribution in [3.05, 3.63) is 41.7 Å². The van der Waals surface area contributed by atoms with Gasteiger partial charge in [0.2, 0.25) is 0 Å². The molecule has 1 amide bonds. The monoisotopic (exact) mass is 381 g/mol. The number of pyridine rings is 1. The highest BCUT2D eigenvalue weighted by molar-refractivity contribution is 5.78. The summed E-state index contributed by atoms with van der Waals surface area (Å²) in [5.41, 5.74) is 3.15. The zero-order chi connectivity index (χ0) is 20.3. The molecule has 1 aromatic heterocycles. The van der Waals surface area contributed by atoms with Crippen LogP contribution in [0, 0.1) is 17.2 Å². The number of hydrogen-bond acceptors (Lipinski definition) is 5. The van der Waals surface area contributed by atoms with E-state index in [1.807, 2.05) is 26.8 Å². The highest BCUT2D eigenvalue weighted by Gasteiger charge is 2.25. The van der Waals surface area contributed by atoms with Crippen molar-refractivity contribution in [1.82, 2.24) is 10.3 Å². The lowest BCUT2D eigenvalue weighted by atomic mass is 9.93. The van der Waals surface area contributed by atoms with Crippen molar-refractivity contribution in [3.8, 4) is 28.7 Å². The van der Waals surface area contributed by atoms with Gasteiger partial charge in [-0.2, -0.15) is 5.26 Å². The van der Waals surface area contributed by atoms with Gasteiger partial charge in [0.1, 0.15) is 30.3 Å². The highest BCUT2D eigenvalue weighted by atomic mass is 16.5. The second kappa shape index (κ2) is 8.17. The first-order valence-corrected chi connectivity index (χ1v) is 9.20. The van der Waals surface area contributed by atoms with Gasteiger partial charge in [-0.15, -0.1) is 0 Å².